The van der Waals surface area contributed by atoms with Crippen molar-refractivity contribution in [1.82, 2.24) is 24.9 Å². The Labute approximate surface area is 160 Å². The fraction of sp³-hybridized carbons (Fsp3) is 0.350. The molecule has 0 radical (unpaired) electrons. The second-order valence-corrected chi connectivity index (χ2v) is 7.56. The van der Waals surface area contributed by atoms with E-state index in [2.05, 4.69) is 24.8 Å². The van der Waals surface area contributed by atoms with Gasteiger partial charge >= 0.3 is 0 Å². The van der Waals surface area contributed by atoms with E-state index in [1.54, 1.807) is 12.4 Å². The molecule has 2 aliphatic rings. The lowest BCUT2D eigenvalue weighted by molar-refractivity contribution is 0.333. The Morgan fingerprint density at radius 2 is 2.14 bits per heavy atom. The highest BCUT2D eigenvalue weighted by atomic mass is 16.1. The number of nitrogens with zero attached hydrogens (tertiary/aromatic N) is 4. The van der Waals surface area contributed by atoms with Crippen LogP contribution >= 0.6 is 0 Å². The predicted molar refractivity (Wildman–Crippen MR) is 104 cm³/mol. The summed E-state index contributed by atoms with van der Waals surface area (Å²) in [6.45, 7) is 1.55. The molecule has 5 rings (SSSR count). The molecule has 1 saturated heterocycles. The third-order valence-corrected chi connectivity index (χ3v) is 5.87. The fourth-order valence-corrected chi connectivity index (χ4v) is 4.55. The fourth-order valence-electron chi connectivity index (χ4n) is 4.55. The molecular weight excluding hydrogens is 356 g/mol. The number of hydrogen-bond acceptors (Lipinski definition) is 6. The quantitative estimate of drug-likeness (QED) is 0.700. The Bertz CT molecular complexity index is 1140. The van der Waals surface area contributed by atoms with Crippen LogP contribution in [0.1, 0.15) is 30.5 Å². The lowest BCUT2D eigenvalue weighted by Crippen LogP contribution is -2.46. The molecule has 1 aliphatic heterocycles. The van der Waals surface area contributed by atoms with E-state index in [1.807, 2.05) is 12.1 Å². The topological polar surface area (TPSA) is 108 Å². The molecule has 4 heterocycles. The van der Waals surface area contributed by atoms with Crippen LogP contribution in [0.3, 0.4) is 0 Å². The molecule has 8 heteroatoms. The number of anilines is 1. The first kappa shape index (κ1) is 16.9. The summed E-state index contributed by atoms with van der Waals surface area (Å²) in [5, 5.41) is 0. The third kappa shape index (κ3) is 2.72. The molecule has 1 spiro atoms. The average Bonchev–Trinajstić information content (AvgIpc) is 3.07. The minimum absolute atomic E-state index is 0.0628. The van der Waals surface area contributed by atoms with Gasteiger partial charge in [-0.25, -0.2) is 9.97 Å². The number of hydrogen-bond donors (Lipinski definition) is 2. The van der Waals surface area contributed by atoms with Crippen LogP contribution in [0, 0.1) is 0 Å². The van der Waals surface area contributed by atoms with Crippen molar-refractivity contribution in [3.63, 3.8) is 0 Å². The summed E-state index contributed by atoms with van der Waals surface area (Å²) in [5.41, 5.74) is 2.06. The number of rotatable bonds is 2. The maximum absolute atomic E-state index is 12.7. The Morgan fingerprint density at radius 1 is 1.21 bits per heavy atom. The van der Waals surface area contributed by atoms with E-state index in [4.69, 9.17) is 4.98 Å². The predicted octanol–water partition coefficient (Wildman–Crippen LogP) is 1.40. The highest BCUT2D eigenvalue weighted by molar-refractivity contribution is 5.54. The van der Waals surface area contributed by atoms with Gasteiger partial charge in [-0.3, -0.25) is 14.6 Å². The lowest BCUT2D eigenvalue weighted by atomic mass is 9.77. The molecule has 0 saturated carbocycles. The summed E-state index contributed by atoms with van der Waals surface area (Å²) >= 11 is 0. The molecule has 28 heavy (non-hydrogen) atoms. The molecule has 0 bridgehead atoms. The van der Waals surface area contributed by atoms with E-state index in [-0.39, 0.29) is 16.5 Å². The number of aromatic nitrogens is 5. The van der Waals surface area contributed by atoms with Crippen LogP contribution in [0.5, 0.6) is 0 Å². The van der Waals surface area contributed by atoms with Crippen molar-refractivity contribution in [3.05, 3.63) is 68.9 Å². The summed E-state index contributed by atoms with van der Waals surface area (Å²) < 4.78 is 0. The van der Waals surface area contributed by atoms with Gasteiger partial charge in [-0.15, -0.1) is 0 Å². The summed E-state index contributed by atoms with van der Waals surface area (Å²) in [4.78, 5) is 45.4. The molecule has 0 aromatic carbocycles. The number of fused-ring (bicyclic) bond motifs is 2. The molecule has 8 nitrogen and oxygen atoms in total. The molecule has 3 aromatic heterocycles. The third-order valence-electron chi connectivity index (χ3n) is 5.87. The van der Waals surface area contributed by atoms with Crippen molar-refractivity contribution in [2.24, 2.45) is 0 Å². The van der Waals surface area contributed by atoms with Crippen molar-refractivity contribution >= 4 is 5.82 Å². The Balaban J connectivity index is 1.57. The summed E-state index contributed by atoms with van der Waals surface area (Å²) in [5.74, 6) is 1.23. The van der Waals surface area contributed by atoms with Crippen LogP contribution in [-0.2, 0) is 11.8 Å². The van der Waals surface area contributed by atoms with Crippen LogP contribution in [0.2, 0.25) is 0 Å². The monoisotopic (exact) mass is 376 g/mol. The number of H-pyrrole nitrogens is 2. The Hall–Kier alpha value is -3.29. The second-order valence-electron chi connectivity index (χ2n) is 7.56. The van der Waals surface area contributed by atoms with E-state index < -0.39 is 0 Å². The van der Waals surface area contributed by atoms with Gasteiger partial charge in [0.25, 0.3) is 11.1 Å². The minimum atomic E-state index is -0.191. The number of aromatic amines is 2. The van der Waals surface area contributed by atoms with Gasteiger partial charge in [0.1, 0.15) is 11.6 Å². The normalized spacial score (nSPS) is 21.1. The van der Waals surface area contributed by atoms with Crippen molar-refractivity contribution < 1.29 is 0 Å². The smallest absolute Gasteiger partial charge is 0.254 e. The zero-order chi connectivity index (χ0) is 19.1. The van der Waals surface area contributed by atoms with Gasteiger partial charge < -0.3 is 14.9 Å². The largest absolute Gasteiger partial charge is 0.355 e. The van der Waals surface area contributed by atoms with E-state index in [9.17, 15) is 9.59 Å². The van der Waals surface area contributed by atoms with Crippen molar-refractivity contribution in [2.45, 2.75) is 31.1 Å². The zero-order valence-electron chi connectivity index (χ0n) is 15.3. The maximum atomic E-state index is 12.7. The number of piperidine rings is 1. The summed E-state index contributed by atoms with van der Waals surface area (Å²) in [6, 6.07) is 5.26. The number of nitrogens with one attached hydrogen (secondary N) is 2. The van der Waals surface area contributed by atoms with Gasteiger partial charge in [-0.05, 0) is 37.8 Å². The average molecular weight is 376 g/mol. The van der Waals surface area contributed by atoms with Crippen molar-refractivity contribution in [3.8, 4) is 11.4 Å². The summed E-state index contributed by atoms with van der Waals surface area (Å²) in [7, 11) is 0. The Morgan fingerprint density at radius 3 is 2.96 bits per heavy atom. The highest BCUT2D eigenvalue weighted by Crippen LogP contribution is 2.43. The highest BCUT2D eigenvalue weighted by Gasteiger charge is 2.45. The lowest BCUT2D eigenvalue weighted by Gasteiger charge is -2.41. The van der Waals surface area contributed by atoms with Crippen molar-refractivity contribution in [1.29, 1.82) is 0 Å². The molecule has 1 unspecified atom stereocenters. The van der Waals surface area contributed by atoms with Gasteiger partial charge in [-0.2, -0.15) is 0 Å². The van der Waals surface area contributed by atoms with Gasteiger partial charge in [0.05, 0.1) is 12.0 Å². The molecule has 1 aliphatic carbocycles. The molecule has 142 valence electrons. The molecule has 2 N–H and O–H groups in total. The first-order chi connectivity index (χ1) is 13.6. The molecule has 1 fully saturated rings. The maximum Gasteiger partial charge on any atom is 0.254 e. The van der Waals surface area contributed by atoms with E-state index in [0.29, 0.717) is 18.2 Å². The first-order valence-electron chi connectivity index (χ1n) is 9.48. The van der Waals surface area contributed by atoms with Gasteiger partial charge in [0.2, 0.25) is 0 Å². The molecular formula is C20H20N6O2. The SMILES string of the molecule is O=c1cc(N2CCCC3(CCc4c3nc(-c3cccnc3)[nH]c4=O)C2)nc[nH]1. The van der Waals surface area contributed by atoms with Crippen LogP contribution < -0.4 is 16.0 Å². The van der Waals surface area contributed by atoms with Crippen LogP contribution in [-0.4, -0.2) is 38.0 Å². The molecule has 0 amide bonds. The standard InChI is InChI=1S/C20H20N6O2/c27-16-9-15(22-12-23-16)26-8-2-5-20(11-26)6-4-14-17(20)24-18(25-19(14)28)13-3-1-7-21-10-13/h1,3,7,9-10,12H,2,4-6,8,11H2,(H,22,23,27)(H,24,25,28). The van der Waals surface area contributed by atoms with Crippen molar-refractivity contribution in [2.75, 3.05) is 18.0 Å². The first-order valence-corrected chi connectivity index (χ1v) is 9.48. The van der Waals surface area contributed by atoms with Gasteiger partial charge in [0, 0.05) is 48.1 Å². The van der Waals surface area contributed by atoms with Crippen LogP contribution in [0.4, 0.5) is 5.82 Å². The Kier molecular flexibility index (Phi) is 3.85. The van der Waals surface area contributed by atoms with Gasteiger partial charge in [-0.1, -0.05) is 0 Å². The molecule has 1 atom stereocenters. The summed E-state index contributed by atoms with van der Waals surface area (Å²) in [6.07, 6.45) is 8.39. The zero-order valence-corrected chi connectivity index (χ0v) is 15.3. The van der Waals surface area contributed by atoms with Crippen LogP contribution in [0.25, 0.3) is 11.4 Å². The van der Waals surface area contributed by atoms with Crippen LogP contribution in [0.15, 0.2) is 46.5 Å². The molecule has 3 aromatic rings. The van der Waals surface area contributed by atoms with E-state index in [0.717, 1.165) is 49.0 Å². The van der Waals surface area contributed by atoms with E-state index in [1.165, 1.54) is 12.4 Å². The number of pyridine rings is 1. The second kappa shape index (κ2) is 6.40. The van der Waals surface area contributed by atoms with E-state index >= 15 is 0 Å². The minimum Gasteiger partial charge on any atom is -0.355 e. The van der Waals surface area contributed by atoms with Gasteiger partial charge in [0.15, 0.2) is 0 Å².